The minimum absolute atomic E-state index is 0.0826. The maximum atomic E-state index is 12.4. The number of amides is 2. The molecule has 9 heteroatoms. The number of thiocarbonyl (C=S) groups is 1. The molecule has 0 spiro atoms. The first-order chi connectivity index (χ1) is 13.3. The molecule has 148 valence electrons. The largest absolute Gasteiger partial charge is 0.496 e. The Bertz CT molecular complexity index is 908. The monoisotopic (exact) mass is 531 g/mol. The molecular formula is C19H19ClIN3O3S. The molecule has 6 nitrogen and oxygen atoms in total. The summed E-state index contributed by atoms with van der Waals surface area (Å²) in [5, 5.41) is 8.78. The SMILES string of the molecule is CCCC(=O)Nc1ccc(Cl)c(NC(=S)NC(=O)c2ccc(OC)c(I)c2)c1. The van der Waals surface area contributed by atoms with Crippen LogP contribution in [-0.2, 0) is 4.79 Å². The Morgan fingerprint density at radius 1 is 1.18 bits per heavy atom. The highest BCUT2D eigenvalue weighted by Gasteiger charge is 2.12. The van der Waals surface area contributed by atoms with E-state index in [4.69, 9.17) is 28.6 Å². The first kappa shape index (κ1) is 22.4. The predicted octanol–water partition coefficient (Wildman–Crippen LogP) is 4.82. The summed E-state index contributed by atoms with van der Waals surface area (Å²) in [5.41, 5.74) is 1.51. The van der Waals surface area contributed by atoms with Crippen LogP contribution in [0.2, 0.25) is 5.02 Å². The number of methoxy groups -OCH3 is 1. The maximum Gasteiger partial charge on any atom is 0.257 e. The van der Waals surface area contributed by atoms with Crippen LogP contribution < -0.4 is 20.7 Å². The molecule has 0 aliphatic rings. The summed E-state index contributed by atoms with van der Waals surface area (Å²) in [5.74, 6) is 0.244. The number of carbonyl (C=O) groups is 2. The molecule has 0 fully saturated rings. The highest BCUT2D eigenvalue weighted by molar-refractivity contribution is 14.1. The highest BCUT2D eigenvalue weighted by Crippen LogP contribution is 2.26. The number of nitrogens with one attached hydrogen (secondary N) is 3. The van der Waals surface area contributed by atoms with Crippen LogP contribution in [0.4, 0.5) is 11.4 Å². The fraction of sp³-hybridized carbons (Fsp3) is 0.211. The lowest BCUT2D eigenvalue weighted by molar-refractivity contribution is -0.116. The van der Waals surface area contributed by atoms with Crippen LogP contribution in [0.1, 0.15) is 30.1 Å². The number of rotatable bonds is 6. The lowest BCUT2D eigenvalue weighted by Crippen LogP contribution is -2.34. The number of hydrogen-bond acceptors (Lipinski definition) is 4. The third kappa shape index (κ3) is 6.32. The zero-order chi connectivity index (χ0) is 20.7. The van der Waals surface area contributed by atoms with Gasteiger partial charge in [0.25, 0.3) is 5.91 Å². The predicted molar refractivity (Wildman–Crippen MR) is 124 cm³/mol. The van der Waals surface area contributed by atoms with Gasteiger partial charge in [-0.15, -0.1) is 0 Å². The molecule has 0 aromatic heterocycles. The molecule has 3 N–H and O–H groups in total. The molecule has 0 radical (unpaired) electrons. The summed E-state index contributed by atoms with van der Waals surface area (Å²) in [6.45, 7) is 1.93. The Balaban J connectivity index is 2.05. The number of ether oxygens (including phenoxy) is 1. The molecule has 2 aromatic carbocycles. The number of halogens is 2. The number of benzene rings is 2. The summed E-state index contributed by atoms with van der Waals surface area (Å²) in [4.78, 5) is 24.1. The van der Waals surface area contributed by atoms with Gasteiger partial charge in [0.1, 0.15) is 5.75 Å². The van der Waals surface area contributed by atoms with Crippen LogP contribution in [0, 0.1) is 3.57 Å². The van der Waals surface area contributed by atoms with Crippen molar-refractivity contribution in [2.75, 3.05) is 17.7 Å². The average Bonchev–Trinajstić information content (AvgIpc) is 2.64. The molecule has 0 unspecified atom stereocenters. The molecule has 0 saturated carbocycles. The summed E-state index contributed by atoms with van der Waals surface area (Å²) in [6, 6.07) is 10.1. The molecule has 28 heavy (non-hydrogen) atoms. The number of hydrogen-bond donors (Lipinski definition) is 3. The maximum absolute atomic E-state index is 12.4. The van der Waals surface area contributed by atoms with Gasteiger partial charge >= 0.3 is 0 Å². The number of carbonyl (C=O) groups excluding carboxylic acids is 2. The van der Waals surface area contributed by atoms with Gasteiger partial charge in [-0.1, -0.05) is 18.5 Å². The molecule has 0 atom stereocenters. The van der Waals surface area contributed by atoms with Crippen molar-refractivity contribution in [3.63, 3.8) is 0 Å². The van der Waals surface area contributed by atoms with E-state index in [9.17, 15) is 9.59 Å². The van der Waals surface area contributed by atoms with Gasteiger partial charge in [0, 0.05) is 17.7 Å². The fourth-order valence-corrected chi connectivity index (χ4v) is 3.39. The van der Waals surface area contributed by atoms with Crippen LogP contribution >= 0.6 is 46.4 Å². The van der Waals surface area contributed by atoms with Gasteiger partial charge in [0.05, 0.1) is 21.4 Å². The standard InChI is InChI=1S/C19H19ClIN3O3S/c1-3-4-17(25)22-12-6-7-13(20)15(10-12)23-19(28)24-18(26)11-5-8-16(27-2)14(21)9-11/h5-10H,3-4H2,1-2H3,(H,22,25)(H2,23,24,26,28). The molecule has 0 aliphatic heterocycles. The zero-order valence-corrected chi connectivity index (χ0v) is 19.0. The van der Waals surface area contributed by atoms with Crippen molar-refractivity contribution >= 4 is 74.7 Å². The van der Waals surface area contributed by atoms with E-state index in [1.165, 1.54) is 0 Å². The molecular weight excluding hydrogens is 513 g/mol. The summed E-state index contributed by atoms with van der Waals surface area (Å²) >= 11 is 13.5. The lowest BCUT2D eigenvalue weighted by atomic mass is 10.2. The first-order valence-electron chi connectivity index (χ1n) is 8.39. The second-order valence-corrected chi connectivity index (χ2v) is 7.73. The van der Waals surface area contributed by atoms with Gasteiger partial charge in [0.2, 0.25) is 5.91 Å². The van der Waals surface area contributed by atoms with Crippen molar-refractivity contribution in [3.8, 4) is 5.75 Å². The van der Waals surface area contributed by atoms with E-state index in [0.717, 1.165) is 9.99 Å². The average molecular weight is 532 g/mol. The molecule has 2 amide bonds. The van der Waals surface area contributed by atoms with E-state index in [2.05, 4.69) is 38.5 Å². The third-order valence-electron chi connectivity index (χ3n) is 3.62. The van der Waals surface area contributed by atoms with Crippen LogP contribution in [0.15, 0.2) is 36.4 Å². The quantitative estimate of drug-likeness (QED) is 0.368. The van der Waals surface area contributed by atoms with Gasteiger partial charge in [0.15, 0.2) is 5.11 Å². The zero-order valence-electron chi connectivity index (χ0n) is 15.3. The van der Waals surface area contributed by atoms with Crippen LogP contribution in [0.5, 0.6) is 5.75 Å². The molecule has 0 saturated heterocycles. The Morgan fingerprint density at radius 3 is 2.57 bits per heavy atom. The summed E-state index contributed by atoms with van der Waals surface area (Å²) in [7, 11) is 1.57. The molecule has 0 heterocycles. The molecule has 2 rings (SSSR count). The Morgan fingerprint density at radius 2 is 1.93 bits per heavy atom. The second-order valence-electron chi connectivity index (χ2n) is 5.75. The van der Waals surface area contributed by atoms with Crippen molar-refractivity contribution in [3.05, 3.63) is 50.6 Å². The minimum atomic E-state index is -0.360. The normalized spacial score (nSPS) is 10.1. The summed E-state index contributed by atoms with van der Waals surface area (Å²) < 4.78 is 6.00. The van der Waals surface area contributed by atoms with E-state index in [-0.39, 0.29) is 16.9 Å². The Kier molecular flexibility index (Phi) is 8.46. The van der Waals surface area contributed by atoms with Gasteiger partial charge in [-0.05, 0) is 77.6 Å². The van der Waals surface area contributed by atoms with Crippen molar-refractivity contribution in [1.29, 1.82) is 0 Å². The van der Waals surface area contributed by atoms with Crippen molar-refractivity contribution in [2.24, 2.45) is 0 Å². The van der Waals surface area contributed by atoms with Gasteiger partial charge in [-0.3, -0.25) is 14.9 Å². The first-order valence-corrected chi connectivity index (χ1v) is 10.3. The van der Waals surface area contributed by atoms with E-state index in [1.54, 1.807) is 43.5 Å². The fourth-order valence-electron chi connectivity index (χ4n) is 2.29. The molecule has 2 aromatic rings. The van der Waals surface area contributed by atoms with E-state index in [0.29, 0.717) is 34.1 Å². The Labute approximate surface area is 187 Å². The number of anilines is 2. The van der Waals surface area contributed by atoms with Gasteiger partial charge in [-0.2, -0.15) is 0 Å². The molecule has 0 aliphatic carbocycles. The second kappa shape index (κ2) is 10.6. The minimum Gasteiger partial charge on any atom is -0.496 e. The van der Waals surface area contributed by atoms with E-state index in [1.807, 2.05) is 6.92 Å². The smallest absolute Gasteiger partial charge is 0.257 e. The van der Waals surface area contributed by atoms with Crippen LogP contribution in [-0.4, -0.2) is 24.0 Å². The van der Waals surface area contributed by atoms with Crippen molar-refractivity contribution in [2.45, 2.75) is 19.8 Å². The van der Waals surface area contributed by atoms with Crippen LogP contribution in [0.25, 0.3) is 0 Å². The van der Waals surface area contributed by atoms with Crippen LogP contribution in [0.3, 0.4) is 0 Å². The van der Waals surface area contributed by atoms with Crippen molar-refractivity contribution < 1.29 is 14.3 Å². The van der Waals surface area contributed by atoms with E-state index >= 15 is 0 Å². The molecule has 0 bridgehead atoms. The topological polar surface area (TPSA) is 79.5 Å². The third-order valence-corrected chi connectivity index (χ3v) is 4.99. The summed E-state index contributed by atoms with van der Waals surface area (Å²) in [6.07, 6.45) is 1.19. The van der Waals surface area contributed by atoms with E-state index < -0.39 is 0 Å². The Hall–Kier alpha value is -1.91. The lowest BCUT2D eigenvalue weighted by Gasteiger charge is -2.13. The highest BCUT2D eigenvalue weighted by atomic mass is 127. The van der Waals surface area contributed by atoms with Crippen molar-refractivity contribution in [1.82, 2.24) is 5.32 Å². The van der Waals surface area contributed by atoms with Gasteiger partial charge < -0.3 is 15.4 Å². The van der Waals surface area contributed by atoms with Gasteiger partial charge in [-0.25, -0.2) is 0 Å².